The SMILES string of the molecule is CCCN(C(=O)OCc1ccc(C#N)cc1)C1CCNCC1.Cl. The summed E-state index contributed by atoms with van der Waals surface area (Å²) in [4.78, 5) is 14.2. The van der Waals surface area contributed by atoms with Gasteiger partial charge in [0.2, 0.25) is 0 Å². The van der Waals surface area contributed by atoms with E-state index in [1.807, 2.05) is 17.0 Å². The third-order valence-corrected chi connectivity index (χ3v) is 3.89. The van der Waals surface area contributed by atoms with Gasteiger partial charge in [0.15, 0.2) is 0 Å². The summed E-state index contributed by atoms with van der Waals surface area (Å²) in [5.41, 5.74) is 1.51. The van der Waals surface area contributed by atoms with E-state index in [4.69, 9.17) is 10.00 Å². The number of piperidine rings is 1. The van der Waals surface area contributed by atoms with Crippen molar-refractivity contribution in [2.75, 3.05) is 19.6 Å². The molecule has 126 valence electrons. The number of hydrogen-bond donors (Lipinski definition) is 1. The van der Waals surface area contributed by atoms with E-state index in [0.717, 1.165) is 44.5 Å². The molecule has 1 N–H and O–H groups in total. The van der Waals surface area contributed by atoms with Crippen molar-refractivity contribution in [1.29, 1.82) is 5.26 Å². The first-order valence-corrected chi connectivity index (χ1v) is 7.87. The number of nitrogens with zero attached hydrogens (tertiary/aromatic N) is 2. The van der Waals surface area contributed by atoms with Gasteiger partial charge in [0.05, 0.1) is 11.6 Å². The van der Waals surface area contributed by atoms with E-state index in [1.54, 1.807) is 12.1 Å². The van der Waals surface area contributed by atoms with Crippen LogP contribution in [0, 0.1) is 11.3 Å². The van der Waals surface area contributed by atoms with Gasteiger partial charge in [-0.25, -0.2) is 4.79 Å². The lowest BCUT2D eigenvalue weighted by atomic mass is 10.1. The predicted octanol–water partition coefficient (Wildman–Crippen LogP) is 3.08. The molecule has 1 aromatic rings. The fraction of sp³-hybridized carbons (Fsp3) is 0.529. The van der Waals surface area contributed by atoms with Gasteiger partial charge in [0.1, 0.15) is 6.61 Å². The molecule has 5 nitrogen and oxygen atoms in total. The Labute approximate surface area is 144 Å². The number of carbonyl (C=O) groups excluding carboxylic acids is 1. The molecule has 0 aliphatic carbocycles. The summed E-state index contributed by atoms with van der Waals surface area (Å²) >= 11 is 0. The zero-order valence-electron chi connectivity index (χ0n) is 13.5. The second-order valence-electron chi connectivity index (χ2n) is 5.54. The second-order valence-corrected chi connectivity index (χ2v) is 5.54. The zero-order chi connectivity index (χ0) is 15.8. The van der Waals surface area contributed by atoms with Crippen LogP contribution in [0.1, 0.15) is 37.3 Å². The van der Waals surface area contributed by atoms with Gasteiger partial charge in [-0.1, -0.05) is 19.1 Å². The number of halogens is 1. The van der Waals surface area contributed by atoms with Crippen molar-refractivity contribution in [2.24, 2.45) is 0 Å². The Morgan fingerprint density at radius 1 is 1.35 bits per heavy atom. The van der Waals surface area contributed by atoms with Gasteiger partial charge in [0.25, 0.3) is 0 Å². The van der Waals surface area contributed by atoms with Gasteiger partial charge in [-0.3, -0.25) is 0 Å². The lowest BCUT2D eigenvalue weighted by Gasteiger charge is -2.33. The zero-order valence-corrected chi connectivity index (χ0v) is 14.3. The maximum absolute atomic E-state index is 12.4. The first-order valence-electron chi connectivity index (χ1n) is 7.87. The molecule has 0 unspecified atom stereocenters. The van der Waals surface area contributed by atoms with Crippen LogP contribution in [0.5, 0.6) is 0 Å². The molecule has 1 heterocycles. The van der Waals surface area contributed by atoms with E-state index >= 15 is 0 Å². The largest absolute Gasteiger partial charge is 0.445 e. The molecule has 0 saturated carbocycles. The van der Waals surface area contributed by atoms with Crippen LogP contribution in [0.4, 0.5) is 4.79 Å². The summed E-state index contributed by atoms with van der Waals surface area (Å²) in [5, 5.41) is 12.1. The summed E-state index contributed by atoms with van der Waals surface area (Å²) in [7, 11) is 0. The van der Waals surface area contributed by atoms with Crippen molar-refractivity contribution < 1.29 is 9.53 Å². The molecule has 23 heavy (non-hydrogen) atoms. The van der Waals surface area contributed by atoms with Crippen LogP contribution < -0.4 is 5.32 Å². The van der Waals surface area contributed by atoms with E-state index < -0.39 is 0 Å². The van der Waals surface area contributed by atoms with E-state index in [0.29, 0.717) is 5.56 Å². The molecule has 1 fully saturated rings. The monoisotopic (exact) mass is 337 g/mol. The van der Waals surface area contributed by atoms with Crippen LogP contribution in [0.3, 0.4) is 0 Å². The van der Waals surface area contributed by atoms with Gasteiger partial charge in [-0.2, -0.15) is 5.26 Å². The average Bonchev–Trinajstić information content (AvgIpc) is 2.58. The molecule has 0 radical (unpaired) electrons. The number of carbonyl (C=O) groups is 1. The predicted molar refractivity (Wildman–Crippen MR) is 91.5 cm³/mol. The summed E-state index contributed by atoms with van der Waals surface area (Å²) < 4.78 is 5.45. The van der Waals surface area contributed by atoms with E-state index in [1.165, 1.54) is 0 Å². The molecule has 0 atom stereocenters. The van der Waals surface area contributed by atoms with E-state index in [9.17, 15) is 4.79 Å². The first-order chi connectivity index (χ1) is 10.7. The van der Waals surface area contributed by atoms with Crippen LogP contribution in [-0.4, -0.2) is 36.7 Å². The topological polar surface area (TPSA) is 65.4 Å². The van der Waals surface area contributed by atoms with Gasteiger partial charge in [0, 0.05) is 12.6 Å². The van der Waals surface area contributed by atoms with Crippen LogP contribution >= 0.6 is 12.4 Å². The number of nitrogens with one attached hydrogen (secondary N) is 1. The minimum absolute atomic E-state index is 0. The molecule has 0 spiro atoms. The normalized spacial score (nSPS) is 14.4. The Bertz CT molecular complexity index is 522. The van der Waals surface area contributed by atoms with Gasteiger partial charge in [-0.15, -0.1) is 12.4 Å². The highest BCUT2D eigenvalue weighted by Gasteiger charge is 2.25. The standard InChI is InChI=1S/C17H23N3O2.ClH/c1-2-11-20(16-7-9-19-10-8-16)17(21)22-13-15-5-3-14(12-18)4-6-15;/h3-6,16,19H,2,7-11,13H2,1H3;1H. The lowest BCUT2D eigenvalue weighted by Crippen LogP contribution is -2.46. The number of amides is 1. The van der Waals surface area contributed by atoms with Gasteiger partial charge < -0.3 is 15.0 Å². The summed E-state index contributed by atoms with van der Waals surface area (Å²) in [5.74, 6) is 0. The molecular formula is C17H24ClN3O2. The fourth-order valence-electron chi connectivity index (χ4n) is 2.69. The molecule has 0 bridgehead atoms. The molecule has 1 aromatic carbocycles. The molecule has 0 aromatic heterocycles. The molecule has 1 aliphatic heterocycles. The van der Waals surface area contributed by atoms with Crippen LogP contribution in [0.15, 0.2) is 24.3 Å². The van der Waals surface area contributed by atoms with E-state index in [-0.39, 0.29) is 31.1 Å². The van der Waals surface area contributed by atoms with Crippen molar-refractivity contribution in [3.05, 3.63) is 35.4 Å². The molecule has 1 amide bonds. The maximum Gasteiger partial charge on any atom is 0.410 e. The van der Waals surface area contributed by atoms with Crippen LogP contribution in [0.2, 0.25) is 0 Å². The molecule has 2 rings (SSSR count). The number of rotatable bonds is 5. The highest BCUT2D eigenvalue weighted by molar-refractivity contribution is 5.85. The fourth-order valence-corrected chi connectivity index (χ4v) is 2.69. The van der Waals surface area contributed by atoms with Crippen LogP contribution in [-0.2, 0) is 11.3 Å². The highest BCUT2D eigenvalue weighted by atomic mass is 35.5. The number of hydrogen-bond acceptors (Lipinski definition) is 4. The van der Waals surface area contributed by atoms with Crippen molar-refractivity contribution >= 4 is 18.5 Å². The Kier molecular flexibility index (Phi) is 8.46. The minimum atomic E-state index is -0.238. The third kappa shape index (κ3) is 5.74. The van der Waals surface area contributed by atoms with Gasteiger partial charge in [-0.05, 0) is 50.0 Å². The summed E-state index contributed by atoms with van der Waals surface area (Å²) in [6.07, 6.45) is 2.64. The lowest BCUT2D eigenvalue weighted by molar-refractivity contribution is 0.0734. The smallest absolute Gasteiger partial charge is 0.410 e. The Hall–Kier alpha value is -1.77. The summed E-state index contributed by atoms with van der Waals surface area (Å²) in [6, 6.07) is 9.46. The number of benzene rings is 1. The highest BCUT2D eigenvalue weighted by Crippen LogP contribution is 2.15. The van der Waals surface area contributed by atoms with Crippen molar-refractivity contribution in [3.8, 4) is 6.07 Å². The van der Waals surface area contributed by atoms with Crippen molar-refractivity contribution in [2.45, 2.75) is 38.8 Å². The van der Waals surface area contributed by atoms with E-state index in [2.05, 4.69) is 18.3 Å². The van der Waals surface area contributed by atoms with Crippen molar-refractivity contribution in [3.63, 3.8) is 0 Å². The molecule has 1 saturated heterocycles. The third-order valence-electron chi connectivity index (χ3n) is 3.89. The second kappa shape index (κ2) is 10.1. The first kappa shape index (κ1) is 19.3. The Morgan fingerprint density at radius 3 is 2.57 bits per heavy atom. The molecule has 6 heteroatoms. The summed E-state index contributed by atoms with van der Waals surface area (Å²) in [6.45, 7) is 4.95. The Balaban J connectivity index is 0.00000264. The minimum Gasteiger partial charge on any atom is -0.445 e. The number of ether oxygens (including phenoxy) is 1. The average molecular weight is 338 g/mol. The van der Waals surface area contributed by atoms with Crippen molar-refractivity contribution in [1.82, 2.24) is 10.2 Å². The molecular weight excluding hydrogens is 314 g/mol. The molecule has 1 aliphatic rings. The maximum atomic E-state index is 12.4. The number of nitriles is 1. The quantitative estimate of drug-likeness (QED) is 0.896. The van der Waals surface area contributed by atoms with Crippen LogP contribution in [0.25, 0.3) is 0 Å². The Morgan fingerprint density at radius 2 is 2.00 bits per heavy atom. The van der Waals surface area contributed by atoms with Gasteiger partial charge >= 0.3 is 6.09 Å².